The predicted octanol–water partition coefficient (Wildman–Crippen LogP) is 2.15. The van der Waals surface area contributed by atoms with Crippen LogP contribution in [0.4, 0.5) is 5.00 Å². The van der Waals surface area contributed by atoms with Gasteiger partial charge >= 0.3 is 5.97 Å². The number of thiophene rings is 1. The van der Waals surface area contributed by atoms with Crippen molar-refractivity contribution in [1.29, 1.82) is 0 Å². The summed E-state index contributed by atoms with van der Waals surface area (Å²) in [7, 11) is 4.35. The van der Waals surface area contributed by atoms with Gasteiger partial charge in [0.15, 0.2) is 0 Å². The molecule has 1 aromatic carbocycles. The molecule has 1 aliphatic rings. The van der Waals surface area contributed by atoms with E-state index in [0.717, 1.165) is 30.0 Å². The van der Waals surface area contributed by atoms with Gasteiger partial charge in [-0.25, -0.2) is 4.79 Å². The first-order valence-electron chi connectivity index (χ1n) is 9.51. The van der Waals surface area contributed by atoms with Crippen LogP contribution in [0.25, 0.3) is 0 Å². The maximum atomic E-state index is 13.1. The number of esters is 1. The molecule has 156 valence electrons. The number of methoxy groups -OCH3 is 3. The Morgan fingerprint density at radius 2 is 1.76 bits per heavy atom. The molecule has 8 heteroatoms. The Morgan fingerprint density at radius 3 is 2.31 bits per heavy atom. The minimum Gasteiger partial charge on any atom is -0.496 e. The van der Waals surface area contributed by atoms with Crippen molar-refractivity contribution >= 4 is 28.2 Å². The quantitative estimate of drug-likeness (QED) is 0.702. The van der Waals surface area contributed by atoms with E-state index in [0.29, 0.717) is 28.1 Å². The van der Waals surface area contributed by atoms with Gasteiger partial charge in [0.05, 0.1) is 44.4 Å². The van der Waals surface area contributed by atoms with Gasteiger partial charge < -0.3 is 24.4 Å². The number of ether oxygens (including phenoxy) is 3. The van der Waals surface area contributed by atoms with Crippen molar-refractivity contribution in [3.05, 3.63) is 39.8 Å². The van der Waals surface area contributed by atoms with E-state index < -0.39 is 11.9 Å². The molecule has 7 nitrogen and oxygen atoms in total. The van der Waals surface area contributed by atoms with Crippen LogP contribution in [-0.2, 0) is 17.7 Å². The van der Waals surface area contributed by atoms with Crippen LogP contribution in [0.3, 0.4) is 0 Å². The van der Waals surface area contributed by atoms with Crippen LogP contribution >= 0.6 is 11.3 Å². The monoisotopic (exact) mass is 419 g/mol. The fourth-order valence-electron chi connectivity index (χ4n) is 3.64. The number of amides is 1. The van der Waals surface area contributed by atoms with Gasteiger partial charge in [-0.15, -0.1) is 11.3 Å². The highest BCUT2D eigenvalue weighted by Crippen LogP contribution is 2.37. The molecule has 0 aliphatic carbocycles. The second kappa shape index (κ2) is 8.84. The number of rotatable bonds is 6. The van der Waals surface area contributed by atoms with Crippen LogP contribution < -0.4 is 19.7 Å². The second-order valence-corrected chi connectivity index (χ2v) is 8.29. The van der Waals surface area contributed by atoms with Gasteiger partial charge in [0.1, 0.15) is 28.6 Å². The molecule has 0 spiro atoms. The SMILES string of the molecule is COC(=O)c1c(NC(=O)c2c(OC)cccc2OC)sc2c1CC[NH+](C(C)C)C2. The van der Waals surface area contributed by atoms with Crippen molar-refractivity contribution in [2.45, 2.75) is 32.9 Å². The Hall–Kier alpha value is -2.58. The number of fused-ring (bicyclic) bond motifs is 1. The highest BCUT2D eigenvalue weighted by atomic mass is 32.1. The first-order valence-corrected chi connectivity index (χ1v) is 10.3. The van der Waals surface area contributed by atoms with E-state index in [1.165, 1.54) is 37.6 Å². The van der Waals surface area contributed by atoms with E-state index in [1.807, 2.05) is 0 Å². The van der Waals surface area contributed by atoms with E-state index in [1.54, 1.807) is 18.2 Å². The lowest BCUT2D eigenvalue weighted by Gasteiger charge is -2.27. The van der Waals surface area contributed by atoms with Crippen LogP contribution in [-0.4, -0.2) is 45.8 Å². The summed E-state index contributed by atoms with van der Waals surface area (Å²) in [5, 5.41) is 3.41. The van der Waals surface area contributed by atoms with Crippen molar-refractivity contribution in [2.75, 3.05) is 33.2 Å². The molecule has 1 unspecified atom stereocenters. The summed E-state index contributed by atoms with van der Waals surface area (Å²) in [6, 6.07) is 5.63. The molecule has 2 aromatic rings. The number of quaternary nitrogens is 1. The summed E-state index contributed by atoms with van der Waals surface area (Å²) in [5.41, 5.74) is 1.72. The zero-order valence-corrected chi connectivity index (χ0v) is 18.2. The molecule has 1 aliphatic heterocycles. The maximum absolute atomic E-state index is 13.1. The summed E-state index contributed by atoms with van der Waals surface area (Å²) >= 11 is 1.44. The lowest BCUT2D eigenvalue weighted by atomic mass is 10.0. The molecule has 2 N–H and O–H groups in total. The Morgan fingerprint density at radius 1 is 1.10 bits per heavy atom. The number of nitrogens with one attached hydrogen (secondary N) is 2. The Kier molecular flexibility index (Phi) is 6.44. The average Bonchev–Trinajstić information content (AvgIpc) is 3.09. The minimum atomic E-state index is -0.433. The van der Waals surface area contributed by atoms with Crippen molar-refractivity contribution in [2.24, 2.45) is 0 Å². The zero-order chi connectivity index (χ0) is 21.1. The first kappa shape index (κ1) is 21.1. The summed E-state index contributed by atoms with van der Waals surface area (Å²) in [6.45, 7) is 6.15. The molecule has 0 saturated carbocycles. The van der Waals surface area contributed by atoms with Gasteiger partial charge in [0.25, 0.3) is 5.91 Å². The molecule has 0 bridgehead atoms. The number of benzene rings is 1. The third-order valence-electron chi connectivity index (χ3n) is 5.26. The van der Waals surface area contributed by atoms with Crippen molar-refractivity contribution in [3.63, 3.8) is 0 Å². The number of carbonyl (C=O) groups excluding carboxylic acids is 2. The molecule has 3 rings (SSSR count). The molecule has 0 fully saturated rings. The third kappa shape index (κ3) is 4.09. The van der Waals surface area contributed by atoms with E-state index in [4.69, 9.17) is 14.2 Å². The molecule has 0 saturated heterocycles. The van der Waals surface area contributed by atoms with Gasteiger partial charge in [-0.05, 0) is 31.5 Å². The molecule has 1 atom stereocenters. The smallest absolute Gasteiger partial charge is 0.341 e. The van der Waals surface area contributed by atoms with Gasteiger partial charge in [0.2, 0.25) is 0 Å². The molecular formula is C21H27N2O5S+. The number of carbonyl (C=O) groups is 2. The summed E-state index contributed by atoms with van der Waals surface area (Å²) in [4.78, 5) is 28.2. The van der Waals surface area contributed by atoms with Crippen LogP contribution in [0.2, 0.25) is 0 Å². The maximum Gasteiger partial charge on any atom is 0.341 e. The van der Waals surface area contributed by atoms with Crippen LogP contribution in [0.1, 0.15) is 45.0 Å². The van der Waals surface area contributed by atoms with Gasteiger partial charge in [-0.1, -0.05) is 6.07 Å². The highest BCUT2D eigenvalue weighted by Gasteiger charge is 2.32. The fraction of sp³-hybridized carbons (Fsp3) is 0.429. The molecule has 29 heavy (non-hydrogen) atoms. The van der Waals surface area contributed by atoms with Crippen LogP contribution in [0, 0.1) is 0 Å². The summed E-state index contributed by atoms with van der Waals surface area (Å²) in [5.74, 6) is -0.0228. The minimum absolute atomic E-state index is 0.286. The Bertz CT molecular complexity index is 900. The summed E-state index contributed by atoms with van der Waals surface area (Å²) < 4.78 is 15.7. The largest absolute Gasteiger partial charge is 0.496 e. The van der Waals surface area contributed by atoms with Gasteiger partial charge in [-0.2, -0.15) is 0 Å². The van der Waals surface area contributed by atoms with Gasteiger partial charge in [0, 0.05) is 6.42 Å². The van der Waals surface area contributed by atoms with Gasteiger partial charge in [-0.3, -0.25) is 4.79 Å². The summed E-state index contributed by atoms with van der Waals surface area (Å²) in [6.07, 6.45) is 0.775. The van der Waals surface area contributed by atoms with E-state index >= 15 is 0 Å². The number of hydrogen-bond donors (Lipinski definition) is 2. The zero-order valence-electron chi connectivity index (χ0n) is 17.4. The molecule has 0 radical (unpaired) electrons. The predicted molar refractivity (Wildman–Crippen MR) is 112 cm³/mol. The van der Waals surface area contributed by atoms with E-state index in [2.05, 4.69) is 19.2 Å². The van der Waals surface area contributed by atoms with Crippen molar-refractivity contribution in [3.8, 4) is 11.5 Å². The molecule has 1 amide bonds. The molecule has 1 aromatic heterocycles. The highest BCUT2D eigenvalue weighted by molar-refractivity contribution is 7.17. The number of hydrogen-bond acceptors (Lipinski definition) is 6. The van der Waals surface area contributed by atoms with Crippen molar-refractivity contribution < 1.29 is 28.7 Å². The Balaban J connectivity index is 2.00. The first-order chi connectivity index (χ1) is 13.9. The lowest BCUT2D eigenvalue weighted by Crippen LogP contribution is -3.14. The second-order valence-electron chi connectivity index (χ2n) is 7.18. The van der Waals surface area contributed by atoms with Crippen LogP contribution in [0.5, 0.6) is 11.5 Å². The topological polar surface area (TPSA) is 78.3 Å². The molecular weight excluding hydrogens is 392 g/mol. The molecule has 2 heterocycles. The fourth-order valence-corrected chi connectivity index (χ4v) is 4.92. The van der Waals surface area contributed by atoms with Crippen molar-refractivity contribution in [1.82, 2.24) is 0 Å². The van der Waals surface area contributed by atoms with Crippen LogP contribution in [0.15, 0.2) is 18.2 Å². The Labute approximate surface area is 174 Å². The van der Waals surface area contributed by atoms with E-state index in [-0.39, 0.29) is 5.56 Å². The third-order valence-corrected chi connectivity index (χ3v) is 6.41. The number of anilines is 1. The lowest BCUT2D eigenvalue weighted by molar-refractivity contribution is -0.936. The standard InChI is InChI=1S/C21H26N2O5S/c1-12(2)23-10-9-13-16(11-23)29-20(17(13)21(25)28-5)22-19(24)18-14(26-3)7-6-8-15(18)27-4/h6-8,12H,9-11H2,1-5H3,(H,22,24)/p+1. The normalized spacial score (nSPS) is 15.6. The van der Waals surface area contributed by atoms with E-state index in [9.17, 15) is 9.59 Å². The average molecular weight is 420 g/mol.